The van der Waals surface area contributed by atoms with Crippen LogP contribution in [-0.4, -0.2) is 37.2 Å². The van der Waals surface area contributed by atoms with Crippen LogP contribution in [0.4, 0.5) is 0 Å². The van der Waals surface area contributed by atoms with Crippen LogP contribution in [0.25, 0.3) is 0 Å². The Kier molecular flexibility index (Phi) is 53.7. The molecule has 0 aromatic carbocycles. The molecule has 0 radical (unpaired) electrons. The number of carbonyl (C=O) groups is 3. The van der Waals surface area contributed by atoms with E-state index >= 15 is 0 Å². The number of ether oxygens (including phenoxy) is 3. The second kappa shape index (κ2) is 55.5. The minimum Gasteiger partial charge on any atom is -0.462 e. The van der Waals surface area contributed by atoms with Gasteiger partial charge in [0.25, 0.3) is 0 Å². The van der Waals surface area contributed by atoms with Crippen LogP contribution in [0.2, 0.25) is 0 Å². The van der Waals surface area contributed by atoms with Crippen LogP contribution in [0.15, 0.2) is 24.3 Å². The Morgan fingerprint density at radius 1 is 0.303 bits per heavy atom. The molecular weight excluding hydrogens is 817 g/mol. The smallest absolute Gasteiger partial charge is 0.306 e. The molecular formula is C60H112O6. The summed E-state index contributed by atoms with van der Waals surface area (Å²) in [5, 5.41) is 0. The molecule has 1 atom stereocenters. The van der Waals surface area contributed by atoms with Crippen molar-refractivity contribution in [3.8, 4) is 0 Å². The van der Waals surface area contributed by atoms with E-state index in [1.807, 2.05) is 0 Å². The van der Waals surface area contributed by atoms with Gasteiger partial charge in [-0.1, -0.05) is 283 Å². The Morgan fingerprint density at radius 3 is 0.833 bits per heavy atom. The molecule has 0 spiro atoms. The Balaban J connectivity index is 4.27. The van der Waals surface area contributed by atoms with Crippen LogP contribution in [-0.2, 0) is 28.6 Å². The van der Waals surface area contributed by atoms with E-state index < -0.39 is 6.10 Å². The molecule has 0 aliphatic heterocycles. The zero-order valence-corrected chi connectivity index (χ0v) is 44.5. The van der Waals surface area contributed by atoms with Gasteiger partial charge in [-0.3, -0.25) is 14.4 Å². The lowest BCUT2D eigenvalue weighted by molar-refractivity contribution is -0.167. The largest absolute Gasteiger partial charge is 0.462 e. The summed E-state index contributed by atoms with van der Waals surface area (Å²) >= 11 is 0. The summed E-state index contributed by atoms with van der Waals surface area (Å²) in [5.74, 6) is -0.849. The number of esters is 3. The van der Waals surface area contributed by atoms with Crippen molar-refractivity contribution in [2.24, 2.45) is 0 Å². The zero-order chi connectivity index (χ0) is 47.9. The van der Waals surface area contributed by atoms with Gasteiger partial charge in [-0.2, -0.15) is 0 Å². The van der Waals surface area contributed by atoms with Crippen LogP contribution in [0.3, 0.4) is 0 Å². The number of rotatable bonds is 54. The minimum absolute atomic E-state index is 0.0666. The third-order valence-corrected chi connectivity index (χ3v) is 13.2. The maximum atomic E-state index is 12.9. The molecule has 0 aliphatic rings. The van der Waals surface area contributed by atoms with E-state index in [9.17, 15) is 14.4 Å². The first-order valence-electron chi connectivity index (χ1n) is 29.4. The second-order valence-electron chi connectivity index (χ2n) is 20.0. The molecule has 66 heavy (non-hydrogen) atoms. The summed E-state index contributed by atoms with van der Waals surface area (Å²) in [4.78, 5) is 38.1. The van der Waals surface area contributed by atoms with E-state index in [4.69, 9.17) is 14.2 Å². The van der Waals surface area contributed by atoms with E-state index in [-0.39, 0.29) is 31.1 Å². The van der Waals surface area contributed by atoms with Gasteiger partial charge >= 0.3 is 17.9 Å². The summed E-state index contributed by atoms with van der Waals surface area (Å²) in [7, 11) is 0. The van der Waals surface area contributed by atoms with Gasteiger partial charge in [-0.25, -0.2) is 0 Å². The van der Waals surface area contributed by atoms with Crippen molar-refractivity contribution in [3.05, 3.63) is 24.3 Å². The zero-order valence-electron chi connectivity index (χ0n) is 44.5. The van der Waals surface area contributed by atoms with Gasteiger partial charge in [0.05, 0.1) is 0 Å². The van der Waals surface area contributed by atoms with Crippen LogP contribution in [0, 0.1) is 0 Å². The van der Waals surface area contributed by atoms with E-state index in [1.165, 1.54) is 225 Å². The molecule has 6 heteroatoms. The first kappa shape index (κ1) is 63.9. The van der Waals surface area contributed by atoms with E-state index in [0.29, 0.717) is 19.3 Å². The molecule has 0 bridgehead atoms. The summed E-state index contributed by atoms with van der Waals surface area (Å²) in [6.45, 7) is 6.65. The molecule has 388 valence electrons. The second-order valence-corrected chi connectivity index (χ2v) is 20.0. The highest BCUT2D eigenvalue weighted by atomic mass is 16.6. The van der Waals surface area contributed by atoms with Crippen molar-refractivity contribution < 1.29 is 28.6 Å². The quantitative estimate of drug-likeness (QED) is 0.0262. The van der Waals surface area contributed by atoms with Crippen LogP contribution < -0.4 is 0 Å². The third kappa shape index (κ3) is 52.9. The van der Waals surface area contributed by atoms with Gasteiger partial charge in [-0.15, -0.1) is 0 Å². The highest BCUT2D eigenvalue weighted by Crippen LogP contribution is 2.17. The molecule has 0 aromatic rings. The summed E-state index contributed by atoms with van der Waals surface area (Å²) in [6, 6.07) is 0. The van der Waals surface area contributed by atoms with Gasteiger partial charge in [0.15, 0.2) is 6.10 Å². The molecule has 0 saturated carbocycles. The molecule has 0 saturated heterocycles. The van der Waals surface area contributed by atoms with Crippen molar-refractivity contribution in [2.45, 2.75) is 329 Å². The molecule has 0 rings (SSSR count). The van der Waals surface area contributed by atoms with Crippen molar-refractivity contribution >= 4 is 17.9 Å². The molecule has 0 aliphatic carbocycles. The van der Waals surface area contributed by atoms with E-state index in [1.54, 1.807) is 0 Å². The lowest BCUT2D eigenvalue weighted by atomic mass is 10.0. The van der Waals surface area contributed by atoms with Crippen LogP contribution >= 0.6 is 0 Å². The number of unbranched alkanes of at least 4 members (excludes halogenated alkanes) is 40. The molecule has 0 fully saturated rings. The third-order valence-electron chi connectivity index (χ3n) is 13.2. The highest BCUT2D eigenvalue weighted by Gasteiger charge is 2.19. The predicted molar refractivity (Wildman–Crippen MR) is 284 cm³/mol. The first-order valence-corrected chi connectivity index (χ1v) is 29.4. The lowest BCUT2D eigenvalue weighted by Crippen LogP contribution is -2.30. The molecule has 0 aromatic heterocycles. The molecule has 6 nitrogen and oxygen atoms in total. The van der Waals surface area contributed by atoms with Crippen molar-refractivity contribution in [1.29, 1.82) is 0 Å². The molecule has 1 unspecified atom stereocenters. The molecule has 0 N–H and O–H groups in total. The SMILES string of the molecule is CCCCC/C=C\C=C/CCCCCCCCCCCCC(=O)OCC(COC(=O)CCCCCCCCCCCCC)OC(=O)CCCCCCCCCCCCCCCCCCCC. The fraction of sp³-hybridized carbons (Fsp3) is 0.883. The van der Waals surface area contributed by atoms with Crippen LogP contribution in [0.5, 0.6) is 0 Å². The van der Waals surface area contributed by atoms with Gasteiger partial charge in [0.2, 0.25) is 0 Å². The number of hydrogen-bond donors (Lipinski definition) is 0. The Morgan fingerprint density at radius 2 is 0.530 bits per heavy atom. The fourth-order valence-electron chi connectivity index (χ4n) is 8.79. The maximum Gasteiger partial charge on any atom is 0.306 e. The highest BCUT2D eigenvalue weighted by molar-refractivity contribution is 5.71. The average molecular weight is 930 g/mol. The number of allylic oxidation sites excluding steroid dienone is 4. The predicted octanol–water partition coefficient (Wildman–Crippen LogP) is 19.5. The summed E-state index contributed by atoms with van der Waals surface area (Å²) in [6.07, 6.45) is 64.5. The van der Waals surface area contributed by atoms with Gasteiger partial charge in [0, 0.05) is 19.3 Å². The monoisotopic (exact) mass is 929 g/mol. The standard InChI is InChI=1S/C60H112O6/c1-4-7-10-13-16-19-22-24-26-28-30-32-33-35-38-41-44-47-50-53-59(62)65-56-57(55-64-58(61)52-49-46-43-40-37-21-18-15-12-9-6-3)66-60(63)54-51-48-45-42-39-36-34-31-29-27-25-23-20-17-14-11-8-5-2/h16,19,22,24,57H,4-15,17-18,20-21,23,25-56H2,1-3H3/b19-16-,24-22-. The fourth-order valence-corrected chi connectivity index (χ4v) is 8.79. The normalized spacial score (nSPS) is 12.1. The van der Waals surface area contributed by atoms with Crippen LogP contribution in [0.1, 0.15) is 323 Å². The number of carbonyl (C=O) groups excluding carboxylic acids is 3. The maximum absolute atomic E-state index is 12.9. The number of hydrogen-bond acceptors (Lipinski definition) is 6. The molecule has 0 heterocycles. The van der Waals surface area contributed by atoms with Gasteiger partial charge in [-0.05, 0) is 44.9 Å². The minimum atomic E-state index is -0.767. The van der Waals surface area contributed by atoms with Crippen molar-refractivity contribution in [2.75, 3.05) is 13.2 Å². The topological polar surface area (TPSA) is 78.9 Å². The van der Waals surface area contributed by atoms with Crippen molar-refractivity contribution in [3.63, 3.8) is 0 Å². The Labute approximate surface area is 411 Å². The van der Waals surface area contributed by atoms with E-state index in [2.05, 4.69) is 45.1 Å². The average Bonchev–Trinajstić information content (AvgIpc) is 3.31. The Bertz CT molecular complexity index is 1070. The van der Waals surface area contributed by atoms with E-state index in [0.717, 1.165) is 57.8 Å². The molecule has 0 amide bonds. The van der Waals surface area contributed by atoms with Gasteiger partial charge in [0.1, 0.15) is 13.2 Å². The Hall–Kier alpha value is -2.11. The lowest BCUT2D eigenvalue weighted by Gasteiger charge is -2.18. The van der Waals surface area contributed by atoms with Crippen molar-refractivity contribution in [1.82, 2.24) is 0 Å². The van der Waals surface area contributed by atoms with Gasteiger partial charge < -0.3 is 14.2 Å². The summed E-state index contributed by atoms with van der Waals surface area (Å²) in [5.41, 5.74) is 0. The summed E-state index contributed by atoms with van der Waals surface area (Å²) < 4.78 is 16.9. The first-order chi connectivity index (χ1) is 32.5.